The summed E-state index contributed by atoms with van der Waals surface area (Å²) in [5.41, 5.74) is 2.08. The molecule has 0 fully saturated rings. The van der Waals surface area contributed by atoms with Crippen molar-refractivity contribution in [2.45, 2.75) is 38.1 Å². The first kappa shape index (κ1) is 17.7. The molecule has 0 spiro atoms. The first-order valence-corrected chi connectivity index (χ1v) is 8.06. The summed E-state index contributed by atoms with van der Waals surface area (Å²) >= 11 is 0. The van der Waals surface area contributed by atoms with E-state index in [1.807, 2.05) is 43.4 Å². The fraction of sp³-hybridized carbons (Fsp3) is 0.389. The van der Waals surface area contributed by atoms with Crippen LogP contribution in [0.15, 0.2) is 42.6 Å². The topological polar surface area (TPSA) is 84.2 Å². The Bertz CT molecular complexity index is 667. The zero-order valence-corrected chi connectivity index (χ0v) is 13.8. The lowest BCUT2D eigenvalue weighted by molar-refractivity contribution is -0.137. The normalized spacial score (nSPS) is 11.9. The van der Waals surface area contributed by atoms with Crippen LogP contribution < -0.4 is 5.32 Å². The van der Waals surface area contributed by atoms with Crippen molar-refractivity contribution in [2.24, 2.45) is 7.05 Å². The molecule has 1 heterocycles. The van der Waals surface area contributed by atoms with E-state index in [0.717, 1.165) is 11.3 Å². The summed E-state index contributed by atoms with van der Waals surface area (Å²) in [5.74, 6) is -0.917. The van der Waals surface area contributed by atoms with Crippen LogP contribution in [0.25, 0.3) is 0 Å². The smallest absolute Gasteiger partial charge is 0.303 e. The Hall–Kier alpha value is -2.63. The second kappa shape index (κ2) is 8.86. The Morgan fingerprint density at radius 2 is 1.96 bits per heavy atom. The number of carbonyl (C=O) groups excluding carboxylic acids is 1. The first-order chi connectivity index (χ1) is 11.5. The van der Waals surface area contributed by atoms with Crippen LogP contribution in [0.5, 0.6) is 0 Å². The van der Waals surface area contributed by atoms with E-state index in [-0.39, 0.29) is 18.4 Å². The summed E-state index contributed by atoms with van der Waals surface area (Å²) in [4.78, 5) is 23.0. The molecule has 1 unspecified atom stereocenters. The van der Waals surface area contributed by atoms with Crippen LogP contribution in [0.2, 0.25) is 0 Å². The van der Waals surface area contributed by atoms with E-state index in [1.54, 1.807) is 10.9 Å². The molecule has 0 aliphatic rings. The van der Waals surface area contributed by atoms with Crippen LogP contribution in [0.1, 0.15) is 30.5 Å². The highest BCUT2D eigenvalue weighted by Gasteiger charge is 2.15. The Kier molecular flexibility index (Phi) is 6.54. The van der Waals surface area contributed by atoms with Gasteiger partial charge in [0.15, 0.2) is 0 Å². The molecule has 0 bridgehead atoms. The van der Waals surface area contributed by atoms with E-state index in [2.05, 4.69) is 10.4 Å². The van der Waals surface area contributed by atoms with Gasteiger partial charge in [-0.25, -0.2) is 0 Å². The van der Waals surface area contributed by atoms with E-state index in [9.17, 15) is 9.59 Å². The standard InChI is InChI=1S/C18H23N3O3/c1-21-16(11-12-19-21)8-9-17(22)20-15(7-10-18(23)24)13-14-5-3-2-4-6-14/h2-6,11-12,15H,7-10,13H2,1H3,(H,20,22)(H,23,24). The average molecular weight is 329 g/mol. The summed E-state index contributed by atoms with van der Waals surface area (Å²) < 4.78 is 1.75. The second-order valence-corrected chi connectivity index (χ2v) is 5.83. The Morgan fingerprint density at radius 3 is 2.58 bits per heavy atom. The van der Waals surface area contributed by atoms with Gasteiger partial charge in [0.1, 0.15) is 0 Å². The van der Waals surface area contributed by atoms with Gasteiger partial charge in [0.05, 0.1) is 0 Å². The van der Waals surface area contributed by atoms with Gasteiger partial charge in [0.2, 0.25) is 5.91 Å². The van der Waals surface area contributed by atoms with E-state index in [4.69, 9.17) is 5.11 Å². The number of nitrogens with one attached hydrogen (secondary N) is 1. The van der Waals surface area contributed by atoms with Gasteiger partial charge < -0.3 is 10.4 Å². The molecule has 2 rings (SSSR count). The lowest BCUT2D eigenvalue weighted by Gasteiger charge is -2.18. The number of nitrogens with zero attached hydrogens (tertiary/aromatic N) is 2. The lowest BCUT2D eigenvalue weighted by Crippen LogP contribution is -2.37. The highest BCUT2D eigenvalue weighted by Crippen LogP contribution is 2.09. The van der Waals surface area contributed by atoms with Crippen LogP contribution in [0.3, 0.4) is 0 Å². The molecule has 6 nitrogen and oxygen atoms in total. The van der Waals surface area contributed by atoms with Crippen LogP contribution in [-0.2, 0) is 29.5 Å². The van der Waals surface area contributed by atoms with E-state index < -0.39 is 5.97 Å². The van der Waals surface area contributed by atoms with Crippen LogP contribution in [0.4, 0.5) is 0 Å². The van der Waals surface area contributed by atoms with Crippen molar-refractivity contribution in [1.29, 1.82) is 0 Å². The largest absolute Gasteiger partial charge is 0.481 e. The summed E-state index contributed by atoms with van der Waals surface area (Å²) in [6.45, 7) is 0. The molecule has 1 aromatic heterocycles. The molecule has 128 valence electrons. The fourth-order valence-corrected chi connectivity index (χ4v) is 2.61. The number of aliphatic carboxylic acids is 1. The van der Waals surface area contributed by atoms with Gasteiger partial charge in [-0.05, 0) is 30.9 Å². The Morgan fingerprint density at radius 1 is 1.21 bits per heavy atom. The third kappa shape index (κ3) is 5.87. The highest BCUT2D eigenvalue weighted by atomic mass is 16.4. The quantitative estimate of drug-likeness (QED) is 0.736. The van der Waals surface area contributed by atoms with E-state index >= 15 is 0 Å². The molecule has 24 heavy (non-hydrogen) atoms. The summed E-state index contributed by atoms with van der Waals surface area (Å²) in [6.07, 6.45) is 3.77. The molecule has 0 aliphatic heterocycles. The maximum Gasteiger partial charge on any atom is 0.303 e. The van der Waals surface area contributed by atoms with Crippen molar-refractivity contribution < 1.29 is 14.7 Å². The molecule has 1 aromatic carbocycles. The number of carbonyl (C=O) groups is 2. The molecule has 1 amide bonds. The van der Waals surface area contributed by atoms with Crippen molar-refractivity contribution in [1.82, 2.24) is 15.1 Å². The van der Waals surface area contributed by atoms with Gasteiger partial charge >= 0.3 is 5.97 Å². The zero-order chi connectivity index (χ0) is 17.4. The zero-order valence-electron chi connectivity index (χ0n) is 13.8. The number of rotatable bonds is 9. The molecule has 6 heteroatoms. The second-order valence-electron chi connectivity index (χ2n) is 5.83. The van der Waals surface area contributed by atoms with E-state index in [0.29, 0.717) is 25.7 Å². The van der Waals surface area contributed by atoms with Gasteiger partial charge in [0.25, 0.3) is 0 Å². The molecule has 0 aliphatic carbocycles. The SMILES string of the molecule is Cn1nccc1CCC(=O)NC(CCC(=O)O)Cc1ccccc1. The van der Waals surface area contributed by atoms with Crippen LogP contribution in [0, 0.1) is 0 Å². The average Bonchev–Trinajstić information content (AvgIpc) is 2.97. The van der Waals surface area contributed by atoms with Crippen molar-refractivity contribution >= 4 is 11.9 Å². The predicted octanol–water partition coefficient (Wildman–Crippen LogP) is 1.94. The maximum absolute atomic E-state index is 12.2. The first-order valence-electron chi connectivity index (χ1n) is 8.06. The molecular weight excluding hydrogens is 306 g/mol. The third-order valence-electron chi connectivity index (χ3n) is 3.93. The Labute approximate surface area is 141 Å². The predicted molar refractivity (Wildman–Crippen MR) is 90.5 cm³/mol. The Balaban J connectivity index is 1.89. The highest BCUT2D eigenvalue weighted by molar-refractivity contribution is 5.76. The van der Waals surface area contributed by atoms with Crippen molar-refractivity contribution in [3.63, 3.8) is 0 Å². The molecule has 0 radical (unpaired) electrons. The molecular formula is C18H23N3O3. The van der Waals surface area contributed by atoms with Crippen molar-refractivity contribution in [3.05, 3.63) is 53.9 Å². The number of carboxylic acids is 1. The molecule has 1 atom stereocenters. The van der Waals surface area contributed by atoms with Gasteiger partial charge in [-0.2, -0.15) is 5.10 Å². The number of hydrogen-bond donors (Lipinski definition) is 2. The monoisotopic (exact) mass is 329 g/mol. The van der Waals surface area contributed by atoms with Gasteiger partial charge in [-0.3, -0.25) is 14.3 Å². The molecule has 0 saturated carbocycles. The number of carboxylic acid groups (broad SMARTS) is 1. The molecule has 2 aromatic rings. The minimum Gasteiger partial charge on any atom is -0.481 e. The van der Waals surface area contributed by atoms with Crippen molar-refractivity contribution in [3.8, 4) is 0 Å². The summed E-state index contributed by atoms with van der Waals surface area (Å²) in [7, 11) is 1.85. The number of aryl methyl sites for hydroxylation is 2. The number of hydrogen-bond acceptors (Lipinski definition) is 3. The fourth-order valence-electron chi connectivity index (χ4n) is 2.61. The third-order valence-corrected chi connectivity index (χ3v) is 3.93. The van der Waals surface area contributed by atoms with Crippen LogP contribution in [-0.4, -0.2) is 32.8 Å². The molecule has 2 N–H and O–H groups in total. The lowest BCUT2D eigenvalue weighted by atomic mass is 10.0. The summed E-state index contributed by atoms with van der Waals surface area (Å²) in [5, 5.41) is 15.9. The number of amides is 1. The van der Waals surface area contributed by atoms with Gasteiger partial charge in [-0.1, -0.05) is 30.3 Å². The minimum atomic E-state index is -0.850. The van der Waals surface area contributed by atoms with Gasteiger partial charge in [-0.15, -0.1) is 0 Å². The number of benzene rings is 1. The van der Waals surface area contributed by atoms with E-state index in [1.165, 1.54) is 0 Å². The minimum absolute atomic E-state index is 0.0412. The van der Waals surface area contributed by atoms with Crippen LogP contribution >= 0.6 is 0 Å². The van der Waals surface area contributed by atoms with Gasteiger partial charge in [0, 0.05) is 37.8 Å². The molecule has 0 saturated heterocycles. The maximum atomic E-state index is 12.2. The van der Waals surface area contributed by atoms with Crippen molar-refractivity contribution in [2.75, 3.05) is 0 Å². The number of aromatic nitrogens is 2. The summed E-state index contributed by atoms with van der Waals surface area (Å²) in [6, 6.07) is 11.5.